The van der Waals surface area contributed by atoms with Crippen molar-refractivity contribution in [1.29, 1.82) is 0 Å². The molecular weight excluding hydrogens is 236 g/mol. The number of hydrogen-bond acceptors (Lipinski definition) is 3. The largest absolute Gasteiger partial charge is 0.270 e. The quantitative estimate of drug-likeness (QED) is 0.773. The second-order valence-electron chi connectivity index (χ2n) is 4.52. The third kappa shape index (κ3) is 3.98. The predicted octanol–water partition coefficient (Wildman–Crippen LogP) is 2.37. The van der Waals surface area contributed by atoms with Gasteiger partial charge in [-0.15, -0.1) is 0 Å². The van der Waals surface area contributed by atoms with Crippen LogP contribution < -0.4 is 0 Å². The standard InChI is InChI=1S/C13H16O3S/c1-10-3-5-11(6-4-10)7-12-8-13(12)9-16-17(2,14)15/h3-7,13H,8-9H2,1-2H3/b12-7+. The van der Waals surface area contributed by atoms with Crippen molar-refractivity contribution in [2.24, 2.45) is 5.92 Å². The number of aryl methyl sites for hydroxylation is 1. The summed E-state index contributed by atoms with van der Waals surface area (Å²) >= 11 is 0. The van der Waals surface area contributed by atoms with Crippen LogP contribution in [0.15, 0.2) is 29.8 Å². The molecule has 0 bridgehead atoms. The van der Waals surface area contributed by atoms with E-state index in [2.05, 4.69) is 37.3 Å². The van der Waals surface area contributed by atoms with Crippen LogP contribution >= 0.6 is 0 Å². The fourth-order valence-corrected chi connectivity index (χ4v) is 2.06. The zero-order chi connectivity index (χ0) is 12.5. The minimum atomic E-state index is -3.31. The Bertz CT molecular complexity index is 526. The molecule has 1 aliphatic carbocycles. The topological polar surface area (TPSA) is 43.4 Å². The summed E-state index contributed by atoms with van der Waals surface area (Å²) in [4.78, 5) is 0. The van der Waals surface area contributed by atoms with Crippen molar-refractivity contribution in [3.8, 4) is 0 Å². The van der Waals surface area contributed by atoms with Crippen LogP contribution in [0.2, 0.25) is 0 Å². The number of rotatable bonds is 4. The van der Waals surface area contributed by atoms with E-state index in [1.54, 1.807) is 0 Å². The Balaban J connectivity index is 1.92. The van der Waals surface area contributed by atoms with E-state index >= 15 is 0 Å². The van der Waals surface area contributed by atoms with Gasteiger partial charge in [-0.3, -0.25) is 4.18 Å². The Kier molecular flexibility index (Phi) is 3.35. The van der Waals surface area contributed by atoms with Crippen LogP contribution in [-0.2, 0) is 14.3 Å². The summed E-state index contributed by atoms with van der Waals surface area (Å²) in [5.74, 6) is 0.269. The third-order valence-corrected chi connectivity index (χ3v) is 3.32. The summed E-state index contributed by atoms with van der Waals surface area (Å²) < 4.78 is 26.4. The Labute approximate surface area is 102 Å². The highest BCUT2D eigenvalue weighted by Gasteiger charge is 2.30. The van der Waals surface area contributed by atoms with Crippen molar-refractivity contribution in [2.75, 3.05) is 12.9 Å². The van der Waals surface area contributed by atoms with Crippen LogP contribution in [0.1, 0.15) is 17.5 Å². The summed E-state index contributed by atoms with van der Waals surface area (Å²) in [7, 11) is -3.31. The van der Waals surface area contributed by atoms with Gasteiger partial charge in [0.15, 0.2) is 0 Å². The molecule has 0 spiro atoms. The lowest BCUT2D eigenvalue weighted by molar-refractivity contribution is 0.310. The number of hydrogen-bond donors (Lipinski definition) is 0. The summed E-state index contributed by atoms with van der Waals surface area (Å²) in [6, 6.07) is 8.26. The molecule has 0 aromatic heterocycles. The highest BCUT2D eigenvalue weighted by Crippen LogP contribution is 2.39. The minimum absolute atomic E-state index is 0.269. The first-order valence-electron chi connectivity index (χ1n) is 5.55. The van der Waals surface area contributed by atoms with Crippen molar-refractivity contribution in [3.05, 3.63) is 41.0 Å². The van der Waals surface area contributed by atoms with E-state index in [1.807, 2.05) is 0 Å². The lowest BCUT2D eigenvalue weighted by Crippen LogP contribution is -2.05. The van der Waals surface area contributed by atoms with E-state index < -0.39 is 10.1 Å². The molecular formula is C13H16O3S. The molecule has 2 rings (SSSR count). The van der Waals surface area contributed by atoms with Gasteiger partial charge in [0, 0.05) is 5.92 Å². The van der Waals surface area contributed by atoms with E-state index in [9.17, 15) is 8.42 Å². The average molecular weight is 252 g/mol. The van der Waals surface area contributed by atoms with E-state index in [1.165, 1.54) is 11.1 Å². The van der Waals surface area contributed by atoms with Crippen LogP contribution in [0.4, 0.5) is 0 Å². The highest BCUT2D eigenvalue weighted by molar-refractivity contribution is 7.85. The second-order valence-corrected chi connectivity index (χ2v) is 6.16. The maximum absolute atomic E-state index is 10.8. The van der Waals surface area contributed by atoms with Crippen molar-refractivity contribution in [3.63, 3.8) is 0 Å². The summed E-state index contributed by atoms with van der Waals surface area (Å²) in [6.45, 7) is 2.33. The first-order valence-corrected chi connectivity index (χ1v) is 7.37. The van der Waals surface area contributed by atoms with Crippen molar-refractivity contribution >= 4 is 16.2 Å². The van der Waals surface area contributed by atoms with E-state index in [0.717, 1.165) is 18.2 Å². The van der Waals surface area contributed by atoms with Gasteiger partial charge >= 0.3 is 0 Å². The molecule has 0 N–H and O–H groups in total. The molecule has 17 heavy (non-hydrogen) atoms. The van der Waals surface area contributed by atoms with Gasteiger partial charge in [0.1, 0.15) is 0 Å². The Morgan fingerprint density at radius 2 is 2.00 bits per heavy atom. The fourth-order valence-electron chi connectivity index (χ4n) is 1.65. The van der Waals surface area contributed by atoms with Crippen LogP contribution in [0.5, 0.6) is 0 Å². The van der Waals surface area contributed by atoms with Crippen LogP contribution in [0, 0.1) is 12.8 Å². The molecule has 0 heterocycles. The van der Waals surface area contributed by atoms with Gasteiger partial charge in [0.25, 0.3) is 10.1 Å². The maximum Gasteiger partial charge on any atom is 0.264 e. The van der Waals surface area contributed by atoms with Gasteiger partial charge in [-0.2, -0.15) is 8.42 Å². The molecule has 1 atom stereocenters. The number of benzene rings is 1. The molecule has 92 valence electrons. The van der Waals surface area contributed by atoms with E-state index in [0.29, 0.717) is 0 Å². The Hall–Kier alpha value is -1.13. The smallest absolute Gasteiger partial charge is 0.264 e. The van der Waals surface area contributed by atoms with Crippen LogP contribution in [-0.4, -0.2) is 21.3 Å². The lowest BCUT2D eigenvalue weighted by Gasteiger charge is -1.97. The molecule has 1 aromatic carbocycles. The molecule has 0 radical (unpaired) electrons. The Morgan fingerprint density at radius 3 is 2.59 bits per heavy atom. The Morgan fingerprint density at radius 1 is 1.35 bits per heavy atom. The van der Waals surface area contributed by atoms with Crippen molar-refractivity contribution in [1.82, 2.24) is 0 Å². The van der Waals surface area contributed by atoms with Gasteiger partial charge in [-0.25, -0.2) is 0 Å². The molecule has 1 unspecified atom stereocenters. The molecule has 1 aliphatic rings. The van der Waals surface area contributed by atoms with E-state index in [-0.39, 0.29) is 12.5 Å². The maximum atomic E-state index is 10.8. The van der Waals surface area contributed by atoms with Gasteiger partial charge in [-0.05, 0) is 18.9 Å². The first kappa shape index (κ1) is 12.3. The van der Waals surface area contributed by atoms with Crippen molar-refractivity contribution < 1.29 is 12.6 Å². The molecule has 0 aliphatic heterocycles. The molecule has 1 aromatic rings. The molecule has 1 saturated carbocycles. The first-order chi connectivity index (χ1) is 7.94. The summed E-state index contributed by atoms with van der Waals surface area (Å²) in [5, 5.41) is 0. The average Bonchev–Trinajstić information content (AvgIpc) is 2.96. The molecule has 3 nitrogen and oxygen atoms in total. The third-order valence-electron chi connectivity index (χ3n) is 2.76. The SMILES string of the molecule is Cc1ccc(/C=C2\CC2COS(C)(=O)=O)cc1. The monoisotopic (exact) mass is 252 g/mol. The fraction of sp³-hybridized carbons (Fsp3) is 0.385. The summed E-state index contributed by atoms with van der Waals surface area (Å²) in [6.07, 6.45) is 4.12. The molecule has 1 fully saturated rings. The highest BCUT2D eigenvalue weighted by atomic mass is 32.2. The predicted molar refractivity (Wildman–Crippen MR) is 68.1 cm³/mol. The second kappa shape index (κ2) is 4.63. The van der Waals surface area contributed by atoms with Gasteiger partial charge in [-0.1, -0.05) is 41.5 Å². The van der Waals surface area contributed by atoms with Crippen LogP contribution in [0.25, 0.3) is 6.08 Å². The van der Waals surface area contributed by atoms with Gasteiger partial charge in [0.05, 0.1) is 12.9 Å². The zero-order valence-corrected chi connectivity index (χ0v) is 10.8. The molecule has 0 saturated heterocycles. The normalized spacial score (nSPS) is 21.8. The van der Waals surface area contributed by atoms with Gasteiger partial charge < -0.3 is 0 Å². The van der Waals surface area contributed by atoms with Crippen molar-refractivity contribution in [2.45, 2.75) is 13.3 Å². The molecule has 4 heteroatoms. The van der Waals surface area contributed by atoms with E-state index in [4.69, 9.17) is 4.18 Å². The van der Waals surface area contributed by atoms with Crippen LogP contribution in [0.3, 0.4) is 0 Å². The summed E-state index contributed by atoms with van der Waals surface area (Å²) in [5.41, 5.74) is 3.66. The molecule has 0 amide bonds. The minimum Gasteiger partial charge on any atom is -0.270 e. The van der Waals surface area contributed by atoms with Gasteiger partial charge in [0.2, 0.25) is 0 Å². The zero-order valence-electron chi connectivity index (χ0n) is 10.0. The lowest BCUT2D eigenvalue weighted by atomic mass is 10.1.